The second kappa shape index (κ2) is 5.85. The summed E-state index contributed by atoms with van der Waals surface area (Å²) < 4.78 is 31.8. The van der Waals surface area contributed by atoms with Gasteiger partial charge >= 0.3 is 0 Å². The minimum Gasteiger partial charge on any atom is -0.495 e. The Hall–Kier alpha value is -1.53. The highest BCUT2D eigenvalue weighted by Crippen LogP contribution is 2.29. The quantitative estimate of drug-likeness (QED) is 0.668. The highest BCUT2D eigenvalue weighted by molar-refractivity contribution is 7.89. The Balaban J connectivity index is 3.33. The molecule has 0 aromatic heterocycles. The van der Waals surface area contributed by atoms with Crippen LogP contribution in [0.15, 0.2) is 35.7 Å². The summed E-state index contributed by atoms with van der Waals surface area (Å²) in [5.41, 5.74) is 5.52. The van der Waals surface area contributed by atoms with Gasteiger partial charge in [-0.1, -0.05) is 6.08 Å². The van der Waals surface area contributed by atoms with E-state index in [4.69, 9.17) is 10.5 Å². The third-order valence-electron chi connectivity index (χ3n) is 2.83. The van der Waals surface area contributed by atoms with E-state index in [1.807, 2.05) is 20.8 Å². The number of anilines is 1. The highest BCUT2D eigenvalue weighted by atomic mass is 32.2. The van der Waals surface area contributed by atoms with Crippen molar-refractivity contribution in [3.63, 3.8) is 0 Å². The summed E-state index contributed by atoms with van der Waals surface area (Å²) in [5, 5.41) is 0. The summed E-state index contributed by atoms with van der Waals surface area (Å²) in [6.07, 6.45) is 1.57. The second-order valence-corrected chi connectivity index (χ2v) is 7.26. The molecule has 0 unspecified atom stereocenters. The number of nitrogens with zero attached hydrogens (tertiary/aromatic N) is 1. The zero-order valence-electron chi connectivity index (χ0n) is 12.4. The molecule has 1 aromatic rings. The van der Waals surface area contributed by atoms with Crippen molar-refractivity contribution >= 4 is 15.7 Å². The molecule has 0 amide bonds. The van der Waals surface area contributed by atoms with Gasteiger partial charge in [0.15, 0.2) is 0 Å². The van der Waals surface area contributed by atoms with Gasteiger partial charge in [0.1, 0.15) is 5.75 Å². The van der Waals surface area contributed by atoms with E-state index >= 15 is 0 Å². The minimum atomic E-state index is -3.64. The van der Waals surface area contributed by atoms with Gasteiger partial charge in [-0.15, -0.1) is 6.58 Å². The topological polar surface area (TPSA) is 72.6 Å². The number of benzene rings is 1. The number of sulfonamides is 1. The third kappa shape index (κ3) is 3.32. The van der Waals surface area contributed by atoms with Gasteiger partial charge in [0.05, 0.1) is 17.7 Å². The largest absolute Gasteiger partial charge is 0.495 e. The first-order chi connectivity index (χ1) is 9.14. The first kappa shape index (κ1) is 16.5. The molecule has 112 valence electrons. The monoisotopic (exact) mass is 298 g/mol. The van der Waals surface area contributed by atoms with E-state index in [0.717, 1.165) is 0 Å². The number of ether oxygens (including phenoxy) is 1. The lowest BCUT2D eigenvalue weighted by atomic mass is 10.1. The van der Waals surface area contributed by atoms with Crippen molar-refractivity contribution < 1.29 is 13.2 Å². The van der Waals surface area contributed by atoms with Crippen LogP contribution in [0, 0.1) is 0 Å². The molecule has 0 spiro atoms. The Labute approximate surface area is 121 Å². The van der Waals surface area contributed by atoms with Gasteiger partial charge in [-0.25, -0.2) is 8.42 Å². The van der Waals surface area contributed by atoms with Crippen molar-refractivity contribution in [1.82, 2.24) is 4.31 Å². The Bertz CT molecular complexity index is 589. The Morgan fingerprint density at radius 3 is 2.40 bits per heavy atom. The molecule has 0 saturated carbocycles. The SMILES string of the molecule is C=CCN(C(C)(C)C)S(=O)(=O)c1ccc(OC)c(N)c1. The van der Waals surface area contributed by atoms with Crippen LogP contribution in [0.2, 0.25) is 0 Å². The molecule has 0 heterocycles. The standard InChI is InChI=1S/C14H22N2O3S/c1-6-9-16(14(2,3)4)20(17,18)11-7-8-13(19-5)12(15)10-11/h6-8,10H,1,9,15H2,2-5H3. The number of hydrogen-bond donors (Lipinski definition) is 1. The fourth-order valence-electron chi connectivity index (χ4n) is 1.85. The van der Waals surface area contributed by atoms with Crippen LogP contribution in [0.5, 0.6) is 5.75 Å². The van der Waals surface area contributed by atoms with E-state index < -0.39 is 15.6 Å². The normalized spacial score (nSPS) is 12.4. The summed E-state index contributed by atoms with van der Waals surface area (Å²) in [7, 11) is -2.16. The van der Waals surface area contributed by atoms with Crippen LogP contribution >= 0.6 is 0 Å². The molecule has 6 heteroatoms. The Morgan fingerprint density at radius 2 is 2.00 bits per heavy atom. The maximum atomic E-state index is 12.7. The van der Waals surface area contributed by atoms with E-state index in [9.17, 15) is 8.42 Å². The van der Waals surface area contributed by atoms with Crippen molar-refractivity contribution in [1.29, 1.82) is 0 Å². The lowest BCUT2D eigenvalue weighted by molar-refractivity contribution is 0.270. The van der Waals surface area contributed by atoms with Crippen molar-refractivity contribution in [3.8, 4) is 5.75 Å². The second-order valence-electron chi connectivity index (χ2n) is 5.40. The molecule has 0 fully saturated rings. The van der Waals surface area contributed by atoms with Crippen LogP contribution in [-0.4, -0.2) is 31.9 Å². The number of rotatable bonds is 5. The predicted molar refractivity (Wildman–Crippen MR) is 81.2 cm³/mol. The van der Waals surface area contributed by atoms with Gasteiger partial charge in [-0.2, -0.15) is 4.31 Å². The number of hydrogen-bond acceptors (Lipinski definition) is 4. The van der Waals surface area contributed by atoms with Crippen molar-refractivity contribution in [2.75, 3.05) is 19.4 Å². The predicted octanol–water partition coefficient (Wildman–Crippen LogP) is 2.25. The summed E-state index contributed by atoms with van der Waals surface area (Å²) in [5.74, 6) is 0.454. The molecule has 5 nitrogen and oxygen atoms in total. The molecule has 1 rings (SSSR count). The Kier molecular flexibility index (Phi) is 4.83. The van der Waals surface area contributed by atoms with E-state index in [1.165, 1.54) is 23.5 Å². The smallest absolute Gasteiger partial charge is 0.243 e. The van der Waals surface area contributed by atoms with Gasteiger partial charge in [-0.05, 0) is 39.0 Å². The van der Waals surface area contributed by atoms with Gasteiger partial charge in [0.25, 0.3) is 0 Å². The van der Waals surface area contributed by atoms with E-state index in [1.54, 1.807) is 12.1 Å². The van der Waals surface area contributed by atoms with Crippen LogP contribution in [0.3, 0.4) is 0 Å². The molecule has 0 aliphatic rings. The highest BCUT2D eigenvalue weighted by Gasteiger charge is 2.33. The summed E-state index contributed by atoms with van der Waals surface area (Å²) in [4.78, 5) is 0.146. The molecule has 0 bridgehead atoms. The van der Waals surface area contributed by atoms with Crippen LogP contribution in [0.1, 0.15) is 20.8 Å². The minimum absolute atomic E-state index is 0.146. The number of nitrogens with two attached hydrogens (primary N) is 1. The van der Waals surface area contributed by atoms with Gasteiger partial charge in [-0.3, -0.25) is 0 Å². The van der Waals surface area contributed by atoms with E-state index in [-0.39, 0.29) is 11.4 Å². The van der Waals surface area contributed by atoms with Gasteiger partial charge < -0.3 is 10.5 Å². The van der Waals surface area contributed by atoms with E-state index in [2.05, 4.69) is 6.58 Å². The van der Waals surface area contributed by atoms with Crippen molar-refractivity contribution in [2.24, 2.45) is 0 Å². The summed E-state index contributed by atoms with van der Waals surface area (Å²) in [6.45, 7) is 9.35. The van der Waals surface area contributed by atoms with Crippen LogP contribution < -0.4 is 10.5 Å². The van der Waals surface area contributed by atoms with Crippen molar-refractivity contribution in [2.45, 2.75) is 31.2 Å². The van der Waals surface area contributed by atoms with Crippen molar-refractivity contribution in [3.05, 3.63) is 30.9 Å². The zero-order valence-corrected chi connectivity index (χ0v) is 13.2. The van der Waals surface area contributed by atoms with Crippen LogP contribution in [0.25, 0.3) is 0 Å². The lowest BCUT2D eigenvalue weighted by Gasteiger charge is -2.33. The fraction of sp³-hybridized carbons (Fsp3) is 0.429. The van der Waals surface area contributed by atoms with Gasteiger partial charge in [0.2, 0.25) is 10.0 Å². The maximum absolute atomic E-state index is 12.7. The summed E-state index contributed by atoms with van der Waals surface area (Å²) >= 11 is 0. The molecule has 2 N–H and O–H groups in total. The van der Waals surface area contributed by atoms with Crippen LogP contribution in [0.4, 0.5) is 5.69 Å². The maximum Gasteiger partial charge on any atom is 0.243 e. The Morgan fingerprint density at radius 1 is 1.40 bits per heavy atom. The fourth-order valence-corrected chi connectivity index (χ4v) is 3.64. The average Bonchev–Trinajstić information content (AvgIpc) is 2.34. The molecule has 1 aromatic carbocycles. The molecule has 0 saturated heterocycles. The molecule has 0 atom stereocenters. The third-order valence-corrected chi connectivity index (χ3v) is 4.96. The molecule has 0 aliphatic carbocycles. The number of nitrogen functional groups attached to an aromatic ring is 1. The first-order valence-electron chi connectivity index (χ1n) is 6.22. The molecular weight excluding hydrogens is 276 g/mol. The van der Waals surface area contributed by atoms with Crippen LogP contribution in [-0.2, 0) is 10.0 Å². The first-order valence-corrected chi connectivity index (χ1v) is 7.66. The number of methoxy groups -OCH3 is 1. The average molecular weight is 298 g/mol. The molecule has 20 heavy (non-hydrogen) atoms. The molecule has 0 aliphatic heterocycles. The zero-order chi connectivity index (χ0) is 15.6. The summed E-state index contributed by atoms with van der Waals surface area (Å²) in [6, 6.07) is 4.46. The van der Waals surface area contributed by atoms with Gasteiger partial charge in [0, 0.05) is 12.1 Å². The molecule has 0 radical (unpaired) electrons. The molecular formula is C14H22N2O3S. The van der Waals surface area contributed by atoms with E-state index in [0.29, 0.717) is 11.4 Å². The lowest BCUT2D eigenvalue weighted by Crippen LogP contribution is -2.45.